The normalized spacial score (nSPS) is 9.79. The molecule has 0 saturated carbocycles. The van der Waals surface area contributed by atoms with Gasteiger partial charge in [0.25, 0.3) is 5.91 Å². The molecule has 0 aliphatic carbocycles. The van der Waals surface area contributed by atoms with Crippen LogP contribution in [0.1, 0.15) is 25.1 Å². The minimum absolute atomic E-state index is 0.121. The van der Waals surface area contributed by atoms with Gasteiger partial charge in [-0.2, -0.15) is 0 Å². The van der Waals surface area contributed by atoms with Gasteiger partial charge in [0.2, 0.25) is 0 Å². The van der Waals surface area contributed by atoms with Crippen LogP contribution in [0.3, 0.4) is 0 Å². The standard InChI is InChI=1S/C13H13N3OS2/c1-9-7-15-11(19-9)8-16-13(17)12-10(3-2-5-14)4-6-18-12/h4,6-7H,5,8,14H2,1H3,(H,16,17). The number of thiazole rings is 1. The zero-order valence-electron chi connectivity index (χ0n) is 10.4. The van der Waals surface area contributed by atoms with Crippen molar-refractivity contribution < 1.29 is 4.79 Å². The summed E-state index contributed by atoms with van der Waals surface area (Å²) < 4.78 is 0. The molecule has 0 fully saturated rings. The van der Waals surface area contributed by atoms with Crippen molar-refractivity contribution >= 4 is 28.6 Å². The quantitative estimate of drug-likeness (QED) is 0.847. The van der Waals surface area contributed by atoms with Gasteiger partial charge in [-0.15, -0.1) is 22.7 Å². The number of nitrogens with zero attached hydrogens (tertiary/aromatic N) is 1. The molecule has 2 rings (SSSR count). The number of hydrogen-bond donors (Lipinski definition) is 2. The summed E-state index contributed by atoms with van der Waals surface area (Å²) in [6.07, 6.45) is 1.80. The topological polar surface area (TPSA) is 68.0 Å². The molecule has 0 unspecified atom stereocenters. The lowest BCUT2D eigenvalue weighted by atomic mass is 10.2. The van der Waals surface area contributed by atoms with Crippen molar-refractivity contribution in [2.45, 2.75) is 13.5 Å². The van der Waals surface area contributed by atoms with E-state index in [1.165, 1.54) is 11.3 Å². The Balaban J connectivity index is 2.02. The number of carbonyl (C=O) groups excluding carboxylic acids is 1. The van der Waals surface area contributed by atoms with Crippen molar-refractivity contribution in [2.24, 2.45) is 5.73 Å². The molecule has 2 aromatic rings. The van der Waals surface area contributed by atoms with Gasteiger partial charge < -0.3 is 11.1 Å². The van der Waals surface area contributed by atoms with Crippen LogP contribution in [0.5, 0.6) is 0 Å². The molecular formula is C13H13N3OS2. The van der Waals surface area contributed by atoms with Crippen molar-refractivity contribution in [1.29, 1.82) is 0 Å². The third kappa shape index (κ3) is 3.64. The zero-order chi connectivity index (χ0) is 13.7. The molecule has 1 amide bonds. The second-order valence-electron chi connectivity index (χ2n) is 3.72. The molecule has 2 aromatic heterocycles. The highest BCUT2D eigenvalue weighted by Gasteiger charge is 2.12. The molecule has 0 aromatic carbocycles. The van der Waals surface area contributed by atoms with Crippen molar-refractivity contribution in [2.75, 3.05) is 6.54 Å². The minimum atomic E-state index is -0.121. The lowest BCUT2D eigenvalue weighted by Crippen LogP contribution is -2.22. The fourth-order valence-corrected chi connectivity index (χ4v) is 2.94. The molecule has 0 radical (unpaired) electrons. The number of aromatic nitrogens is 1. The van der Waals surface area contributed by atoms with Crippen LogP contribution in [-0.2, 0) is 6.54 Å². The van der Waals surface area contributed by atoms with Gasteiger partial charge in [0, 0.05) is 16.6 Å². The van der Waals surface area contributed by atoms with Crippen LogP contribution >= 0.6 is 22.7 Å². The van der Waals surface area contributed by atoms with Crippen molar-refractivity contribution in [3.05, 3.63) is 38.0 Å². The lowest BCUT2D eigenvalue weighted by molar-refractivity contribution is 0.0954. The Morgan fingerprint density at radius 2 is 2.42 bits per heavy atom. The highest BCUT2D eigenvalue weighted by molar-refractivity contribution is 7.12. The van der Waals surface area contributed by atoms with Crippen LogP contribution in [-0.4, -0.2) is 17.4 Å². The molecule has 0 spiro atoms. The molecule has 98 valence electrons. The summed E-state index contributed by atoms with van der Waals surface area (Å²) in [5.41, 5.74) is 6.06. The van der Waals surface area contributed by atoms with Gasteiger partial charge in [-0.1, -0.05) is 11.8 Å². The summed E-state index contributed by atoms with van der Waals surface area (Å²) in [6.45, 7) is 2.72. The largest absolute Gasteiger partial charge is 0.345 e. The van der Waals surface area contributed by atoms with Gasteiger partial charge >= 0.3 is 0 Å². The molecular weight excluding hydrogens is 278 g/mol. The van der Waals surface area contributed by atoms with E-state index < -0.39 is 0 Å². The molecule has 0 aliphatic rings. The first-order valence-electron chi connectivity index (χ1n) is 5.66. The van der Waals surface area contributed by atoms with Gasteiger partial charge in [0.1, 0.15) is 9.88 Å². The molecule has 4 nitrogen and oxygen atoms in total. The van der Waals surface area contributed by atoms with Gasteiger partial charge in [-0.05, 0) is 18.4 Å². The zero-order valence-corrected chi connectivity index (χ0v) is 12.0. The maximum atomic E-state index is 12.0. The van der Waals surface area contributed by atoms with Crippen LogP contribution in [0.4, 0.5) is 0 Å². The Kier molecular flexibility index (Phi) is 4.68. The van der Waals surface area contributed by atoms with Crippen LogP contribution in [0, 0.1) is 18.8 Å². The molecule has 0 aliphatic heterocycles. The number of nitrogens with two attached hydrogens (primary N) is 1. The number of thiophene rings is 1. The lowest BCUT2D eigenvalue weighted by Gasteiger charge is -2.01. The third-order valence-electron chi connectivity index (χ3n) is 2.27. The summed E-state index contributed by atoms with van der Waals surface area (Å²) in [4.78, 5) is 18.0. The van der Waals surface area contributed by atoms with Crippen molar-refractivity contribution in [1.82, 2.24) is 10.3 Å². The summed E-state index contributed by atoms with van der Waals surface area (Å²) in [5.74, 6) is 5.53. The van der Waals surface area contributed by atoms with Crippen LogP contribution in [0.15, 0.2) is 17.6 Å². The minimum Gasteiger partial charge on any atom is -0.345 e. The molecule has 0 atom stereocenters. The fourth-order valence-electron chi connectivity index (χ4n) is 1.45. The maximum absolute atomic E-state index is 12.0. The Hall–Kier alpha value is -1.68. The molecule has 0 bridgehead atoms. The predicted octanol–water partition coefficient (Wildman–Crippen LogP) is 1.75. The number of hydrogen-bond acceptors (Lipinski definition) is 5. The van der Waals surface area contributed by atoms with Crippen LogP contribution in [0.25, 0.3) is 0 Å². The van der Waals surface area contributed by atoms with E-state index in [2.05, 4.69) is 22.1 Å². The monoisotopic (exact) mass is 291 g/mol. The third-order valence-corrected chi connectivity index (χ3v) is 4.09. The summed E-state index contributed by atoms with van der Waals surface area (Å²) in [5, 5.41) is 5.60. The van der Waals surface area contributed by atoms with E-state index in [4.69, 9.17) is 5.73 Å². The number of rotatable bonds is 3. The van der Waals surface area contributed by atoms with E-state index in [1.807, 2.05) is 18.4 Å². The predicted molar refractivity (Wildman–Crippen MR) is 78.3 cm³/mol. The molecule has 0 saturated heterocycles. The first kappa shape index (κ1) is 13.7. The number of amides is 1. The maximum Gasteiger partial charge on any atom is 0.262 e. The highest BCUT2D eigenvalue weighted by atomic mass is 32.1. The Morgan fingerprint density at radius 1 is 1.58 bits per heavy atom. The van der Waals surface area contributed by atoms with Crippen LogP contribution < -0.4 is 11.1 Å². The molecule has 3 N–H and O–H groups in total. The highest BCUT2D eigenvalue weighted by Crippen LogP contribution is 2.16. The summed E-state index contributed by atoms with van der Waals surface area (Å²) in [6, 6.07) is 1.83. The smallest absolute Gasteiger partial charge is 0.262 e. The van der Waals surface area contributed by atoms with E-state index >= 15 is 0 Å². The average molecular weight is 291 g/mol. The van der Waals surface area contributed by atoms with E-state index in [0.29, 0.717) is 11.4 Å². The van der Waals surface area contributed by atoms with Gasteiger partial charge in [0.15, 0.2) is 0 Å². The SMILES string of the molecule is Cc1cnc(CNC(=O)c2sccc2C#CCN)s1. The van der Waals surface area contributed by atoms with Gasteiger partial charge in [0.05, 0.1) is 13.1 Å². The second-order valence-corrected chi connectivity index (χ2v) is 5.95. The molecule has 19 heavy (non-hydrogen) atoms. The van der Waals surface area contributed by atoms with E-state index in [-0.39, 0.29) is 12.5 Å². The van der Waals surface area contributed by atoms with Crippen LogP contribution in [0.2, 0.25) is 0 Å². The fraction of sp³-hybridized carbons (Fsp3) is 0.231. The van der Waals surface area contributed by atoms with E-state index in [0.717, 1.165) is 15.4 Å². The first-order valence-corrected chi connectivity index (χ1v) is 7.36. The Bertz CT molecular complexity index is 634. The van der Waals surface area contributed by atoms with Gasteiger partial charge in [-0.3, -0.25) is 4.79 Å². The average Bonchev–Trinajstić information content (AvgIpc) is 3.02. The summed E-state index contributed by atoms with van der Waals surface area (Å²) in [7, 11) is 0. The Labute approximate surface area is 119 Å². The Morgan fingerprint density at radius 3 is 3.11 bits per heavy atom. The molecule has 6 heteroatoms. The number of aryl methyl sites for hydroxylation is 1. The number of nitrogens with one attached hydrogen (secondary N) is 1. The first-order chi connectivity index (χ1) is 9.20. The van der Waals surface area contributed by atoms with Crippen molar-refractivity contribution in [3.63, 3.8) is 0 Å². The van der Waals surface area contributed by atoms with E-state index in [9.17, 15) is 4.79 Å². The molecule has 2 heterocycles. The number of carbonyl (C=O) groups is 1. The van der Waals surface area contributed by atoms with Gasteiger partial charge in [-0.25, -0.2) is 4.98 Å². The van der Waals surface area contributed by atoms with Crippen molar-refractivity contribution in [3.8, 4) is 11.8 Å². The second kappa shape index (κ2) is 6.48. The summed E-state index contributed by atoms with van der Waals surface area (Å²) >= 11 is 2.95. The van der Waals surface area contributed by atoms with E-state index in [1.54, 1.807) is 17.5 Å².